The zero-order valence-electron chi connectivity index (χ0n) is 15.3. The largest absolute Gasteiger partial charge is 0.366 e. The Hall–Kier alpha value is -3.07. The molecule has 2 N–H and O–H groups in total. The summed E-state index contributed by atoms with van der Waals surface area (Å²) in [6.45, 7) is 6.36. The van der Waals surface area contributed by atoms with Gasteiger partial charge in [0, 0.05) is 21.9 Å². The van der Waals surface area contributed by atoms with Crippen LogP contribution in [0, 0.1) is 13.8 Å². The minimum atomic E-state index is -0.381. The van der Waals surface area contributed by atoms with Gasteiger partial charge in [-0.2, -0.15) is 0 Å². The van der Waals surface area contributed by atoms with E-state index in [4.69, 9.17) is 5.73 Å². The molecule has 0 aliphatic rings. The number of hydrogen-bond donors (Lipinski definition) is 1. The number of aryl methyl sites for hydroxylation is 2. The number of aromatic nitrogens is 1. The fraction of sp³-hybridized carbons (Fsp3) is 0.174. The second kappa shape index (κ2) is 6.03. The van der Waals surface area contributed by atoms with Crippen LogP contribution < -0.4 is 5.73 Å². The van der Waals surface area contributed by atoms with Crippen LogP contribution in [0.1, 0.15) is 40.0 Å². The van der Waals surface area contributed by atoms with E-state index >= 15 is 0 Å². The molecule has 3 heteroatoms. The summed E-state index contributed by atoms with van der Waals surface area (Å²) in [6, 6.07) is 20.8. The molecule has 0 saturated carbocycles. The molecule has 4 aromatic rings. The first-order valence-corrected chi connectivity index (χ1v) is 8.88. The fourth-order valence-corrected chi connectivity index (χ4v) is 3.97. The van der Waals surface area contributed by atoms with Crippen molar-refractivity contribution in [2.75, 3.05) is 0 Å². The average molecular weight is 342 g/mol. The maximum atomic E-state index is 12.2. The SMILES string of the molecule is Cc1cc(C(N)=O)c2c3ccccc3n(C(C)c3ccccc3)c2c1C. The molecule has 0 spiro atoms. The molecule has 0 saturated heterocycles. The molecule has 4 rings (SSSR count). The van der Waals surface area contributed by atoms with Gasteiger partial charge >= 0.3 is 0 Å². The van der Waals surface area contributed by atoms with Crippen LogP contribution >= 0.6 is 0 Å². The minimum absolute atomic E-state index is 0.139. The summed E-state index contributed by atoms with van der Waals surface area (Å²) in [5, 5.41) is 2.03. The van der Waals surface area contributed by atoms with Crippen LogP contribution in [-0.4, -0.2) is 10.5 Å². The van der Waals surface area contributed by atoms with Crippen molar-refractivity contribution in [3.05, 3.63) is 82.9 Å². The predicted molar refractivity (Wildman–Crippen MR) is 108 cm³/mol. The molecule has 0 bridgehead atoms. The molecule has 3 aromatic carbocycles. The van der Waals surface area contributed by atoms with Gasteiger partial charge in [0.15, 0.2) is 0 Å². The molecule has 3 nitrogen and oxygen atoms in total. The third kappa shape index (κ3) is 2.31. The summed E-state index contributed by atoms with van der Waals surface area (Å²) >= 11 is 0. The lowest BCUT2D eigenvalue weighted by Gasteiger charge is -2.19. The maximum Gasteiger partial charge on any atom is 0.249 e. The molecule has 130 valence electrons. The molecule has 1 atom stereocenters. The third-order valence-corrected chi connectivity index (χ3v) is 5.42. The van der Waals surface area contributed by atoms with Crippen LogP contribution in [0.3, 0.4) is 0 Å². The number of primary amides is 1. The number of nitrogens with two attached hydrogens (primary N) is 1. The standard InChI is InChI=1S/C23H22N2O/c1-14-13-19(23(24)26)21-18-11-7-8-12-20(18)25(22(21)15(14)2)16(3)17-9-5-4-6-10-17/h4-13,16H,1-3H3,(H2,24,26). The molecule has 1 aromatic heterocycles. The van der Waals surface area contributed by atoms with E-state index in [2.05, 4.69) is 54.8 Å². The highest BCUT2D eigenvalue weighted by molar-refractivity contribution is 6.19. The molecule has 1 unspecified atom stereocenters. The minimum Gasteiger partial charge on any atom is -0.366 e. The van der Waals surface area contributed by atoms with E-state index in [0.29, 0.717) is 5.56 Å². The maximum absolute atomic E-state index is 12.2. The highest BCUT2D eigenvalue weighted by Crippen LogP contribution is 2.38. The van der Waals surface area contributed by atoms with Crippen LogP contribution in [0.2, 0.25) is 0 Å². The Labute approximate surface area is 153 Å². The first kappa shape index (κ1) is 16.4. The zero-order chi connectivity index (χ0) is 18.4. The normalized spacial score (nSPS) is 12.6. The Morgan fingerprint density at radius 3 is 2.35 bits per heavy atom. The summed E-state index contributed by atoms with van der Waals surface area (Å²) in [5.74, 6) is -0.381. The molecule has 0 aliphatic heterocycles. The number of rotatable bonds is 3. The lowest BCUT2D eigenvalue weighted by Crippen LogP contribution is -2.13. The molecular formula is C23H22N2O. The van der Waals surface area contributed by atoms with E-state index in [1.54, 1.807) is 0 Å². The summed E-state index contributed by atoms with van der Waals surface area (Å²) in [5.41, 5.74) is 12.0. The smallest absolute Gasteiger partial charge is 0.249 e. The van der Waals surface area contributed by atoms with Gasteiger partial charge in [-0.3, -0.25) is 4.79 Å². The number of carbonyl (C=O) groups excluding carboxylic acids is 1. The molecule has 0 radical (unpaired) electrons. The highest BCUT2D eigenvalue weighted by Gasteiger charge is 2.22. The Bertz CT molecular complexity index is 1140. The highest BCUT2D eigenvalue weighted by atomic mass is 16.1. The van der Waals surface area contributed by atoms with Crippen molar-refractivity contribution in [1.82, 2.24) is 4.57 Å². The van der Waals surface area contributed by atoms with Gasteiger partial charge in [0.25, 0.3) is 0 Å². The van der Waals surface area contributed by atoms with Gasteiger partial charge in [-0.1, -0.05) is 48.5 Å². The monoisotopic (exact) mass is 342 g/mol. The van der Waals surface area contributed by atoms with E-state index < -0.39 is 0 Å². The fourth-order valence-electron chi connectivity index (χ4n) is 3.97. The number of hydrogen-bond acceptors (Lipinski definition) is 1. The third-order valence-electron chi connectivity index (χ3n) is 5.42. The Kier molecular flexibility index (Phi) is 3.80. The van der Waals surface area contributed by atoms with Gasteiger partial charge in [-0.25, -0.2) is 0 Å². The lowest BCUT2D eigenvalue weighted by atomic mass is 9.98. The number of benzene rings is 3. The number of fused-ring (bicyclic) bond motifs is 3. The van der Waals surface area contributed by atoms with Crippen molar-refractivity contribution in [1.29, 1.82) is 0 Å². The molecule has 1 amide bonds. The second-order valence-electron chi connectivity index (χ2n) is 6.93. The lowest BCUT2D eigenvalue weighted by molar-refractivity contribution is 0.100. The summed E-state index contributed by atoms with van der Waals surface area (Å²) in [4.78, 5) is 12.2. The second-order valence-corrected chi connectivity index (χ2v) is 6.93. The van der Waals surface area contributed by atoms with E-state index in [9.17, 15) is 4.79 Å². The van der Waals surface area contributed by atoms with E-state index in [0.717, 1.165) is 27.4 Å². The van der Waals surface area contributed by atoms with Crippen molar-refractivity contribution in [3.8, 4) is 0 Å². The van der Waals surface area contributed by atoms with Gasteiger partial charge in [-0.05, 0) is 49.6 Å². The van der Waals surface area contributed by atoms with Gasteiger partial charge in [0.05, 0.1) is 11.6 Å². The Morgan fingerprint density at radius 1 is 1.00 bits per heavy atom. The Balaban J connectivity index is 2.20. The van der Waals surface area contributed by atoms with Gasteiger partial charge in [-0.15, -0.1) is 0 Å². The van der Waals surface area contributed by atoms with Crippen molar-refractivity contribution >= 4 is 27.7 Å². The topological polar surface area (TPSA) is 48.0 Å². The molecular weight excluding hydrogens is 320 g/mol. The molecule has 1 heterocycles. The van der Waals surface area contributed by atoms with Crippen molar-refractivity contribution in [2.24, 2.45) is 5.73 Å². The summed E-state index contributed by atoms with van der Waals surface area (Å²) in [7, 11) is 0. The van der Waals surface area contributed by atoms with E-state index in [1.807, 2.05) is 31.2 Å². The van der Waals surface area contributed by atoms with Crippen LogP contribution in [0.5, 0.6) is 0 Å². The number of amides is 1. The van der Waals surface area contributed by atoms with Crippen LogP contribution in [0.4, 0.5) is 0 Å². The predicted octanol–water partition coefficient (Wildman–Crippen LogP) is 5.12. The average Bonchev–Trinajstić information content (AvgIpc) is 3.00. The molecule has 0 aliphatic carbocycles. The Morgan fingerprint density at radius 2 is 1.65 bits per heavy atom. The van der Waals surface area contributed by atoms with Crippen molar-refractivity contribution in [3.63, 3.8) is 0 Å². The molecule has 26 heavy (non-hydrogen) atoms. The first-order chi connectivity index (χ1) is 12.5. The van der Waals surface area contributed by atoms with Crippen LogP contribution in [0.25, 0.3) is 21.8 Å². The number of para-hydroxylation sites is 1. The van der Waals surface area contributed by atoms with Crippen LogP contribution in [-0.2, 0) is 0 Å². The first-order valence-electron chi connectivity index (χ1n) is 8.88. The van der Waals surface area contributed by atoms with Crippen LogP contribution in [0.15, 0.2) is 60.7 Å². The summed E-state index contributed by atoms with van der Waals surface area (Å²) in [6.07, 6.45) is 0. The quantitative estimate of drug-likeness (QED) is 0.552. The van der Waals surface area contributed by atoms with E-state index in [1.165, 1.54) is 11.1 Å². The van der Waals surface area contributed by atoms with Gasteiger partial charge < -0.3 is 10.3 Å². The number of nitrogens with zero attached hydrogens (tertiary/aromatic N) is 1. The summed E-state index contributed by atoms with van der Waals surface area (Å²) < 4.78 is 2.34. The van der Waals surface area contributed by atoms with E-state index in [-0.39, 0.29) is 11.9 Å². The number of carbonyl (C=O) groups is 1. The van der Waals surface area contributed by atoms with Crippen molar-refractivity contribution < 1.29 is 4.79 Å². The van der Waals surface area contributed by atoms with Gasteiger partial charge in [0.2, 0.25) is 5.91 Å². The van der Waals surface area contributed by atoms with Crippen molar-refractivity contribution in [2.45, 2.75) is 26.8 Å². The zero-order valence-corrected chi connectivity index (χ0v) is 15.3. The molecule has 0 fully saturated rings. The van der Waals surface area contributed by atoms with Gasteiger partial charge in [0.1, 0.15) is 0 Å².